The van der Waals surface area contributed by atoms with Crippen LogP contribution >= 0.6 is 11.3 Å². The van der Waals surface area contributed by atoms with Gasteiger partial charge in [0.15, 0.2) is 0 Å². The first-order chi connectivity index (χ1) is 10.9. The van der Waals surface area contributed by atoms with Gasteiger partial charge in [0.2, 0.25) is 5.91 Å². The predicted octanol–water partition coefficient (Wildman–Crippen LogP) is 3.62. The molecule has 1 aromatic heterocycles. The molecule has 0 saturated heterocycles. The number of hydrogen-bond donors (Lipinski definition) is 1. The van der Waals surface area contributed by atoms with Crippen LogP contribution in [0.3, 0.4) is 0 Å². The summed E-state index contributed by atoms with van der Waals surface area (Å²) in [6.45, 7) is 6.15. The van der Waals surface area contributed by atoms with E-state index in [1.165, 1.54) is 0 Å². The first-order valence-electron chi connectivity index (χ1n) is 7.96. The lowest BCUT2D eigenvalue weighted by molar-refractivity contribution is -0.132. The third kappa shape index (κ3) is 4.18. The van der Waals surface area contributed by atoms with Crippen LogP contribution in [0.1, 0.15) is 53.5 Å². The highest BCUT2D eigenvalue weighted by atomic mass is 32.1. The van der Waals surface area contributed by atoms with E-state index in [0.29, 0.717) is 6.42 Å². The molecule has 0 aliphatic carbocycles. The Kier molecular flexibility index (Phi) is 5.91. The molecule has 1 amide bonds. The highest BCUT2D eigenvalue weighted by Gasteiger charge is 2.23. The molecule has 23 heavy (non-hydrogen) atoms. The number of benzene rings is 1. The molecule has 1 aromatic carbocycles. The average Bonchev–Trinajstić information content (AvgIpc) is 2.95. The fourth-order valence-electron chi connectivity index (χ4n) is 2.55. The summed E-state index contributed by atoms with van der Waals surface area (Å²) in [5.41, 5.74) is 8.18. The summed E-state index contributed by atoms with van der Waals surface area (Å²) in [5, 5.41) is 1.12. The SMILES string of the molecule is CCc1nc(C)c(C(C)N(C)C(=O)CC(N)c2ccccc2)s1. The van der Waals surface area contributed by atoms with Gasteiger partial charge < -0.3 is 10.6 Å². The van der Waals surface area contributed by atoms with Crippen molar-refractivity contribution >= 4 is 17.2 Å². The zero-order chi connectivity index (χ0) is 17.0. The van der Waals surface area contributed by atoms with Gasteiger partial charge in [0.1, 0.15) is 0 Å². The molecule has 4 nitrogen and oxygen atoms in total. The molecular weight excluding hydrogens is 306 g/mol. The van der Waals surface area contributed by atoms with Crippen molar-refractivity contribution in [3.63, 3.8) is 0 Å². The van der Waals surface area contributed by atoms with Crippen LogP contribution < -0.4 is 5.73 Å². The molecule has 2 unspecified atom stereocenters. The Morgan fingerprint density at radius 2 is 2.00 bits per heavy atom. The van der Waals surface area contributed by atoms with Crippen LogP contribution in [-0.2, 0) is 11.2 Å². The first kappa shape index (κ1) is 17.6. The normalized spacial score (nSPS) is 13.6. The summed E-state index contributed by atoms with van der Waals surface area (Å²) >= 11 is 1.69. The van der Waals surface area contributed by atoms with Crippen molar-refractivity contribution in [3.8, 4) is 0 Å². The monoisotopic (exact) mass is 331 g/mol. The van der Waals surface area contributed by atoms with Crippen LogP contribution in [0.15, 0.2) is 30.3 Å². The Hall–Kier alpha value is -1.72. The number of amides is 1. The molecular formula is C18H25N3OS. The molecule has 0 saturated carbocycles. The number of carbonyl (C=O) groups is 1. The lowest BCUT2D eigenvalue weighted by Crippen LogP contribution is -2.32. The van der Waals surface area contributed by atoms with E-state index >= 15 is 0 Å². The van der Waals surface area contributed by atoms with Crippen molar-refractivity contribution in [2.45, 2.75) is 45.7 Å². The van der Waals surface area contributed by atoms with Crippen LogP contribution in [0, 0.1) is 6.92 Å². The summed E-state index contributed by atoms with van der Waals surface area (Å²) in [7, 11) is 1.84. The summed E-state index contributed by atoms with van der Waals surface area (Å²) < 4.78 is 0. The van der Waals surface area contributed by atoms with Crippen molar-refractivity contribution in [1.82, 2.24) is 9.88 Å². The largest absolute Gasteiger partial charge is 0.338 e. The number of carbonyl (C=O) groups excluding carboxylic acids is 1. The number of aryl methyl sites for hydroxylation is 2. The fourth-order valence-corrected chi connectivity index (χ4v) is 3.65. The van der Waals surface area contributed by atoms with E-state index in [4.69, 9.17) is 5.73 Å². The van der Waals surface area contributed by atoms with Crippen LogP contribution in [-0.4, -0.2) is 22.8 Å². The Bertz CT molecular complexity index is 654. The van der Waals surface area contributed by atoms with Gasteiger partial charge in [-0.1, -0.05) is 37.3 Å². The number of hydrogen-bond acceptors (Lipinski definition) is 4. The molecule has 2 rings (SSSR count). The van der Waals surface area contributed by atoms with Crippen LogP contribution in [0.2, 0.25) is 0 Å². The minimum atomic E-state index is -0.271. The highest BCUT2D eigenvalue weighted by Crippen LogP contribution is 2.29. The van der Waals surface area contributed by atoms with E-state index in [2.05, 4.69) is 11.9 Å². The molecule has 2 atom stereocenters. The van der Waals surface area contributed by atoms with E-state index in [-0.39, 0.29) is 18.0 Å². The summed E-state index contributed by atoms with van der Waals surface area (Å²) in [6.07, 6.45) is 1.23. The maximum Gasteiger partial charge on any atom is 0.224 e. The molecule has 2 aromatic rings. The van der Waals surface area contributed by atoms with Gasteiger partial charge in [0, 0.05) is 24.4 Å². The Balaban J connectivity index is 2.05. The van der Waals surface area contributed by atoms with E-state index < -0.39 is 0 Å². The second-order valence-corrected chi connectivity index (χ2v) is 6.93. The van der Waals surface area contributed by atoms with Gasteiger partial charge in [-0.05, 0) is 25.8 Å². The lowest BCUT2D eigenvalue weighted by atomic mass is 10.0. The van der Waals surface area contributed by atoms with E-state index in [1.807, 2.05) is 51.2 Å². The molecule has 1 heterocycles. The minimum absolute atomic E-state index is 0.0169. The quantitative estimate of drug-likeness (QED) is 0.879. The second kappa shape index (κ2) is 7.70. The Morgan fingerprint density at radius 3 is 2.57 bits per heavy atom. The average molecular weight is 331 g/mol. The van der Waals surface area contributed by atoms with Crippen molar-refractivity contribution in [2.24, 2.45) is 5.73 Å². The second-order valence-electron chi connectivity index (χ2n) is 5.81. The van der Waals surface area contributed by atoms with Crippen molar-refractivity contribution in [3.05, 3.63) is 51.5 Å². The van der Waals surface area contributed by atoms with Gasteiger partial charge in [-0.15, -0.1) is 11.3 Å². The zero-order valence-electron chi connectivity index (χ0n) is 14.2. The van der Waals surface area contributed by atoms with Gasteiger partial charge in [-0.25, -0.2) is 4.98 Å². The Morgan fingerprint density at radius 1 is 1.35 bits per heavy atom. The Labute approximate surface area is 142 Å². The maximum absolute atomic E-state index is 12.6. The topological polar surface area (TPSA) is 59.2 Å². The first-order valence-corrected chi connectivity index (χ1v) is 8.78. The molecule has 0 fully saturated rings. The zero-order valence-corrected chi connectivity index (χ0v) is 15.1. The van der Waals surface area contributed by atoms with Gasteiger partial charge >= 0.3 is 0 Å². The molecule has 0 aliphatic heterocycles. The number of nitrogens with two attached hydrogens (primary N) is 1. The summed E-state index contributed by atoms with van der Waals surface area (Å²) in [5.74, 6) is 0.0553. The fraction of sp³-hybridized carbons (Fsp3) is 0.444. The third-order valence-corrected chi connectivity index (χ3v) is 5.63. The van der Waals surface area contributed by atoms with E-state index in [1.54, 1.807) is 16.2 Å². The van der Waals surface area contributed by atoms with Gasteiger partial charge in [0.05, 0.1) is 16.7 Å². The predicted molar refractivity (Wildman–Crippen MR) is 95.4 cm³/mol. The smallest absolute Gasteiger partial charge is 0.224 e. The van der Waals surface area contributed by atoms with Gasteiger partial charge in [-0.2, -0.15) is 0 Å². The third-order valence-electron chi connectivity index (χ3n) is 4.16. The van der Waals surface area contributed by atoms with Crippen LogP contribution in [0.5, 0.6) is 0 Å². The summed E-state index contributed by atoms with van der Waals surface area (Å²) in [4.78, 5) is 20.1. The number of rotatable bonds is 6. The summed E-state index contributed by atoms with van der Waals surface area (Å²) in [6, 6.07) is 9.50. The van der Waals surface area contributed by atoms with Crippen LogP contribution in [0.25, 0.3) is 0 Å². The van der Waals surface area contributed by atoms with Crippen molar-refractivity contribution < 1.29 is 4.79 Å². The number of thiazole rings is 1. The van der Waals surface area contributed by atoms with Crippen molar-refractivity contribution in [1.29, 1.82) is 0 Å². The van der Waals surface area contributed by atoms with E-state index in [0.717, 1.165) is 27.6 Å². The molecule has 124 valence electrons. The lowest BCUT2D eigenvalue weighted by Gasteiger charge is -2.26. The molecule has 0 spiro atoms. The minimum Gasteiger partial charge on any atom is -0.338 e. The molecule has 5 heteroatoms. The molecule has 0 radical (unpaired) electrons. The highest BCUT2D eigenvalue weighted by molar-refractivity contribution is 7.11. The van der Waals surface area contributed by atoms with Gasteiger partial charge in [0.25, 0.3) is 0 Å². The molecule has 0 aliphatic rings. The molecule has 0 bridgehead atoms. The van der Waals surface area contributed by atoms with Crippen LogP contribution in [0.4, 0.5) is 0 Å². The number of nitrogens with zero attached hydrogens (tertiary/aromatic N) is 2. The standard InChI is InChI=1S/C18H25N3OS/c1-5-16-20-12(2)18(23-16)13(3)21(4)17(22)11-15(19)14-9-7-6-8-10-14/h6-10,13,15H,5,11,19H2,1-4H3. The number of aromatic nitrogens is 1. The van der Waals surface area contributed by atoms with Crippen molar-refractivity contribution in [2.75, 3.05) is 7.05 Å². The maximum atomic E-state index is 12.6. The van der Waals surface area contributed by atoms with E-state index in [9.17, 15) is 4.79 Å². The van der Waals surface area contributed by atoms with Gasteiger partial charge in [-0.3, -0.25) is 4.79 Å². The molecule has 2 N–H and O–H groups in total.